The van der Waals surface area contributed by atoms with Crippen LogP contribution in [0.2, 0.25) is 0 Å². The largest absolute Gasteiger partial charge is 0.352 e. The highest BCUT2D eigenvalue weighted by atomic mass is 32.1. The van der Waals surface area contributed by atoms with Gasteiger partial charge in [-0.05, 0) is 30.2 Å². The minimum Gasteiger partial charge on any atom is -0.352 e. The van der Waals surface area contributed by atoms with Crippen molar-refractivity contribution in [3.63, 3.8) is 0 Å². The smallest absolute Gasteiger partial charge is 0.251 e. The van der Waals surface area contributed by atoms with Crippen molar-refractivity contribution in [3.05, 3.63) is 65.7 Å². The van der Waals surface area contributed by atoms with Crippen LogP contribution >= 0.6 is 12.6 Å². The van der Waals surface area contributed by atoms with E-state index in [1.807, 2.05) is 30.3 Å². The normalized spacial score (nSPS) is 10.0. The molecule has 0 fully saturated rings. The average Bonchev–Trinajstić information content (AvgIpc) is 2.56. The number of carbonyl (C=O) groups is 2. The Balaban J connectivity index is 1.89. The third-order valence-electron chi connectivity index (χ3n) is 3.09. The molecule has 0 aliphatic carbocycles. The Morgan fingerprint density at radius 3 is 2.50 bits per heavy atom. The minimum atomic E-state index is -0.204. The molecule has 0 aromatic heterocycles. The number of hydrogen-bond acceptors (Lipinski definition) is 3. The van der Waals surface area contributed by atoms with Crippen LogP contribution in [-0.2, 0) is 11.2 Å². The zero-order chi connectivity index (χ0) is 15.8. The molecule has 0 saturated heterocycles. The molecule has 2 aromatic rings. The first-order chi connectivity index (χ1) is 10.7. The van der Waals surface area contributed by atoms with E-state index >= 15 is 0 Å². The molecule has 114 valence electrons. The summed E-state index contributed by atoms with van der Waals surface area (Å²) in [6.45, 7) is 0.566. The zero-order valence-corrected chi connectivity index (χ0v) is 13.0. The topological polar surface area (TPSA) is 58.2 Å². The second kappa shape index (κ2) is 8.24. The monoisotopic (exact) mass is 314 g/mol. The average molecular weight is 314 g/mol. The first-order valence-corrected chi connectivity index (χ1v) is 7.65. The highest BCUT2D eigenvalue weighted by molar-refractivity contribution is 7.81. The molecule has 0 bridgehead atoms. The molecule has 0 heterocycles. The summed E-state index contributed by atoms with van der Waals surface area (Å²) in [7, 11) is 0. The maximum absolute atomic E-state index is 12.1. The number of thiol groups is 1. The van der Waals surface area contributed by atoms with Gasteiger partial charge >= 0.3 is 0 Å². The van der Waals surface area contributed by atoms with Gasteiger partial charge in [-0.15, -0.1) is 0 Å². The molecule has 0 saturated carbocycles. The fourth-order valence-electron chi connectivity index (χ4n) is 2.01. The Bertz CT molecular complexity index is 644. The minimum absolute atomic E-state index is 0.105. The Labute approximate surface area is 135 Å². The number of carbonyl (C=O) groups excluding carboxylic acids is 2. The van der Waals surface area contributed by atoms with Gasteiger partial charge < -0.3 is 10.6 Å². The van der Waals surface area contributed by atoms with E-state index in [2.05, 4.69) is 23.3 Å². The third-order valence-corrected chi connectivity index (χ3v) is 3.38. The van der Waals surface area contributed by atoms with E-state index in [9.17, 15) is 9.59 Å². The van der Waals surface area contributed by atoms with Crippen LogP contribution in [0.5, 0.6) is 0 Å². The van der Waals surface area contributed by atoms with E-state index in [0.29, 0.717) is 17.8 Å². The second-order valence-electron chi connectivity index (χ2n) is 4.78. The predicted molar refractivity (Wildman–Crippen MR) is 91.4 cm³/mol. The van der Waals surface area contributed by atoms with Gasteiger partial charge in [0.1, 0.15) is 0 Å². The number of rotatable bonds is 6. The van der Waals surface area contributed by atoms with Crippen LogP contribution in [0.4, 0.5) is 5.69 Å². The van der Waals surface area contributed by atoms with Crippen molar-refractivity contribution in [1.82, 2.24) is 5.32 Å². The summed E-state index contributed by atoms with van der Waals surface area (Å²) in [5.41, 5.74) is 2.29. The van der Waals surface area contributed by atoms with Crippen molar-refractivity contribution in [2.24, 2.45) is 0 Å². The molecule has 0 spiro atoms. The first-order valence-electron chi connectivity index (χ1n) is 7.02. The quantitative estimate of drug-likeness (QED) is 0.718. The van der Waals surface area contributed by atoms with E-state index in [4.69, 9.17) is 0 Å². The standard InChI is InChI=1S/C17H18N2O2S/c20-16(12-22)19-15-8-4-7-14(11-15)17(21)18-10-9-13-5-2-1-3-6-13/h1-8,11,22H,9-10,12H2,(H,18,21)(H,19,20). The number of hydrogen-bond donors (Lipinski definition) is 3. The van der Waals surface area contributed by atoms with Gasteiger partial charge in [0.2, 0.25) is 5.91 Å². The Hall–Kier alpha value is -2.27. The summed E-state index contributed by atoms with van der Waals surface area (Å²) in [6.07, 6.45) is 0.780. The van der Waals surface area contributed by atoms with E-state index in [0.717, 1.165) is 6.42 Å². The number of benzene rings is 2. The molecule has 0 unspecified atom stereocenters. The summed E-state index contributed by atoms with van der Waals surface area (Å²) in [6, 6.07) is 16.8. The zero-order valence-electron chi connectivity index (χ0n) is 12.1. The SMILES string of the molecule is O=C(CS)Nc1cccc(C(=O)NCCc2ccccc2)c1. The highest BCUT2D eigenvalue weighted by Gasteiger charge is 2.07. The molecular formula is C17H18N2O2S. The first kappa shape index (κ1) is 16.1. The Kier molecular flexibility index (Phi) is 6.03. The van der Waals surface area contributed by atoms with Crippen molar-refractivity contribution in [3.8, 4) is 0 Å². The fourth-order valence-corrected chi connectivity index (χ4v) is 2.08. The molecule has 2 aromatic carbocycles. The van der Waals surface area contributed by atoms with E-state index < -0.39 is 0 Å². The third kappa shape index (κ3) is 4.93. The van der Waals surface area contributed by atoms with Crippen LogP contribution in [0.1, 0.15) is 15.9 Å². The maximum Gasteiger partial charge on any atom is 0.251 e. The lowest BCUT2D eigenvalue weighted by molar-refractivity contribution is -0.113. The summed E-state index contributed by atoms with van der Waals surface area (Å²) >= 11 is 3.90. The van der Waals surface area contributed by atoms with Gasteiger partial charge in [0.15, 0.2) is 0 Å². The maximum atomic E-state index is 12.1. The van der Waals surface area contributed by atoms with Gasteiger partial charge in [-0.2, -0.15) is 12.6 Å². The molecule has 5 heteroatoms. The molecule has 2 N–H and O–H groups in total. The summed E-state index contributed by atoms with van der Waals surface area (Å²) in [4.78, 5) is 23.4. The molecular weight excluding hydrogens is 296 g/mol. The van der Waals surface area contributed by atoms with Crippen LogP contribution in [0.15, 0.2) is 54.6 Å². The van der Waals surface area contributed by atoms with Crippen LogP contribution in [-0.4, -0.2) is 24.1 Å². The van der Waals surface area contributed by atoms with Gasteiger partial charge in [-0.25, -0.2) is 0 Å². The van der Waals surface area contributed by atoms with Gasteiger partial charge in [-0.3, -0.25) is 9.59 Å². The molecule has 0 aliphatic rings. The van der Waals surface area contributed by atoms with Crippen LogP contribution in [0.3, 0.4) is 0 Å². The lowest BCUT2D eigenvalue weighted by Gasteiger charge is -2.08. The second-order valence-corrected chi connectivity index (χ2v) is 5.09. The van der Waals surface area contributed by atoms with Crippen LogP contribution in [0.25, 0.3) is 0 Å². The van der Waals surface area contributed by atoms with Crippen LogP contribution < -0.4 is 10.6 Å². The number of anilines is 1. The molecule has 0 atom stereocenters. The van der Waals surface area contributed by atoms with Gasteiger partial charge in [-0.1, -0.05) is 36.4 Å². The van der Waals surface area contributed by atoms with Crippen LogP contribution in [0, 0.1) is 0 Å². The summed E-state index contributed by atoms with van der Waals surface area (Å²) in [5, 5.41) is 5.55. The van der Waals surface area contributed by atoms with Crippen molar-refractivity contribution >= 4 is 30.1 Å². The van der Waals surface area contributed by atoms with E-state index in [-0.39, 0.29) is 17.6 Å². The summed E-state index contributed by atoms with van der Waals surface area (Å²) in [5.74, 6) is -0.254. The lowest BCUT2D eigenvalue weighted by atomic mass is 10.1. The molecule has 2 amide bonds. The Morgan fingerprint density at radius 2 is 1.77 bits per heavy atom. The van der Waals surface area contributed by atoms with Crippen molar-refractivity contribution in [2.45, 2.75) is 6.42 Å². The van der Waals surface area contributed by atoms with Crippen molar-refractivity contribution in [2.75, 3.05) is 17.6 Å². The van der Waals surface area contributed by atoms with Crippen molar-refractivity contribution < 1.29 is 9.59 Å². The van der Waals surface area contributed by atoms with Crippen molar-refractivity contribution in [1.29, 1.82) is 0 Å². The van der Waals surface area contributed by atoms with Gasteiger partial charge in [0.05, 0.1) is 5.75 Å². The molecule has 0 aliphatic heterocycles. The number of amides is 2. The fraction of sp³-hybridized carbons (Fsp3) is 0.176. The molecule has 22 heavy (non-hydrogen) atoms. The predicted octanol–water partition coefficient (Wildman–Crippen LogP) is 2.53. The molecule has 2 rings (SSSR count). The lowest BCUT2D eigenvalue weighted by Crippen LogP contribution is -2.25. The summed E-state index contributed by atoms with van der Waals surface area (Å²) < 4.78 is 0. The highest BCUT2D eigenvalue weighted by Crippen LogP contribution is 2.10. The van der Waals surface area contributed by atoms with Gasteiger partial charge in [0.25, 0.3) is 5.91 Å². The van der Waals surface area contributed by atoms with Gasteiger partial charge in [0, 0.05) is 17.8 Å². The Morgan fingerprint density at radius 1 is 1.00 bits per heavy atom. The molecule has 0 radical (unpaired) electrons. The molecule has 4 nitrogen and oxygen atoms in total. The van der Waals surface area contributed by atoms with E-state index in [1.165, 1.54) is 5.56 Å². The van der Waals surface area contributed by atoms with E-state index in [1.54, 1.807) is 24.3 Å². The number of nitrogens with one attached hydrogen (secondary N) is 2.